The van der Waals surface area contributed by atoms with Gasteiger partial charge in [-0.3, -0.25) is 0 Å². The van der Waals surface area contributed by atoms with Crippen LogP contribution in [0.2, 0.25) is 0 Å². The van der Waals surface area contributed by atoms with Gasteiger partial charge in [-0.2, -0.15) is 0 Å². The summed E-state index contributed by atoms with van der Waals surface area (Å²) in [6, 6.07) is 53.0. The van der Waals surface area contributed by atoms with Gasteiger partial charge in [0.15, 0.2) is 0 Å². The average molecular weight is 527 g/mol. The lowest BCUT2D eigenvalue weighted by Crippen LogP contribution is -2.28. The maximum atomic E-state index is 6.50. The Hall–Kier alpha value is -4.88. The molecule has 1 aliphatic heterocycles. The summed E-state index contributed by atoms with van der Waals surface area (Å²) in [5, 5.41) is 0. The lowest BCUT2D eigenvalue weighted by molar-refractivity contribution is 0.418. The molecule has 41 heavy (non-hydrogen) atoms. The summed E-state index contributed by atoms with van der Waals surface area (Å²) in [4.78, 5) is 0. The summed E-state index contributed by atoms with van der Waals surface area (Å²) in [5.74, 6) is 1.88. The van der Waals surface area contributed by atoms with Crippen molar-refractivity contribution in [1.29, 1.82) is 0 Å². The highest BCUT2D eigenvalue weighted by molar-refractivity contribution is 5.88. The van der Waals surface area contributed by atoms with E-state index in [4.69, 9.17) is 4.74 Å². The van der Waals surface area contributed by atoms with Crippen molar-refractivity contribution >= 4 is 0 Å². The van der Waals surface area contributed by atoms with Gasteiger partial charge in [0.25, 0.3) is 0 Å². The number of benzene rings is 6. The highest BCUT2D eigenvalue weighted by Crippen LogP contribution is 2.57. The second-order valence-corrected chi connectivity index (χ2v) is 11.7. The standard InChI is InChI=1S/C40H30O/c1-39(2)34-19-11-12-20-37(34)41-38-26-28(22-24-35(38)39)27-21-23-32-31-17-9-10-18-33(31)40(36(32)25-27,29-13-5-3-6-14-29)30-15-7-4-8-16-30/h3-26H,1-2H3. The summed E-state index contributed by atoms with van der Waals surface area (Å²) in [5.41, 5.74) is 12.1. The molecule has 0 bridgehead atoms. The van der Waals surface area contributed by atoms with Gasteiger partial charge in [0.05, 0.1) is 5.41 Å². The molecule has 0 unspecified atom stereocenters. The first-order valence-electron chi connectivity index (χ1n) is 14.4. The fraction of sp³-hybridized carbons (Fsp3) is 0.100. The van der Waals surface area contributed by atoms with E-state index in [1.54, 1.807) is 0 Å². The van der Waals surface area contributed by atoms with E-state index in [1.165, 1.54) is 50.1 Å². The Morgan fingerprint density at radius 1 is 0.415 bits per heavy atom. The van der Waals surface area contributed by atoms with Crippen molar-refractivity contribution in [3.8, 4) is 33.8 Å². The third-order valence-electron chi connectivity index (χ3n) is 9.23. The summed E-state index contributed by atoms with van der Waals surface area (Å²) < 4.78 is 6.50. The van der Waals surface area contributed by atoms with Gasteiger partial charge in [0.2, 0.25) is 0 Å². The van der Waals surface area contributed by atoms with Crippen LogP contribution >= 0.6 is 0 Å². The van der Waals surface area contributed by atoms with Crippen LogP contribution in [0.25, 0.3) is 22.3 Å². The zero-order valence-corrected chi connectivity index (χ0v) is 23.3. The topological polar surface area (TPSA) is 9.23 Å². The van der Waals surface area contributed by atoms with E-state index in [1.807, 2.05) is 0 Å². The first-order chi connectivity index (χ1) is 20.1. The number of hydrogen-bond donors (Lipinski definition) is 0. The molecule has 0 radical (unpaired) electrons. The van der Waals surface area contributed by atoms with E-state index >= 15 is 0 Å². The summed E-state index contributed by atoms with van der Waals surface area (Å²) in [6.45, 7) is 4.57. The molecule has 0 spiro atoms. The molecule has 6 aromatic carbocycles. The van der Waals surface area contributed by atoms with Crippen LogP contribution in [0.15, 0.2) is 146 Å². The highest BCUT2D eigenvalue weighted by Gasteiger charge is 2.46. The molecule has 1 heteroatoms. The lowest BCUT2D eigenvalue weighted by atomic mass is 9.67. The van der Waals surface area contributed by atoms with Crippen LogP contribution < -0.4 is 4.74 Å². The van der Waals surface area contributed by atoms with E-state index in [2.05, 4.69) is 159 Å². The van der Waals surface area contributed by atoms with Crippen molar-refractivity contribution in [1.82, 2.24) is 0 Å². The Bertz CT molecular complexity index is 1890. The Kier molecular flexibility index (Phi) is 5.15. The van der Waals surface area contributed by atoms with Gasteiger partial charge in [-0.05, 0) is 62.7 Å². The number of hydrogen-bond acceptors (Lipinski definition) is 1. The third-order valence-corrected chi connectivity index (χ3v) is 9.23. The molecule has 0 saturated carbocycles. The highest BCUT2D eigenvalue weighted by atomic mass is 16.5. The molecule has 0 amide bonds. The van der Waals surface area contributed by atoms with Gasteiger partial charge in [0.1, 0.15) is 11.5 Å². The van der Waals surface area contributed by atoms with Crippen molar-refractivity contribution in [2.24, 2.45) is 0 Å². The van der Waals surface area contributed by atoms with Crippen LogP contribution in [-0.4, -0.2) is 0 Å². The maximum Gasteiger partial charge on any atom is 0.132 e. The van der Waals surface area contributed by atoms with Crippen LogP contribution in [0.4, 0.5) is 0 Å². The summed E-state index contributed by atoms with van der Waals surface area (Å²) in [6.07, 6.45) is 0. The Labute approximate surface area is 241 Å². The minimum Gasteiger partial charge on any atom is -0.457 e. The molecule has 1 heterocycles. The molecular formula is C40H30O. The van der Waals surface area contributed by atoms with Crippen molar-refractivity contribution in [3.63, 3.8) is 0 Å². The van der Waals surface area contributed by atoms with E-state index in [0.717, 1.165) is 17.1 Å². The van der Waals surface area contributed by atoms with Gasteiger partial charge in [-0.1, -0.05) is 141 Å². The van der Waals surface area contributed by atoms with Crippen molar-refractivity contribution in [2.45, 2.75) is 24.7 Å². The molecule has 0 atom stereocenters. The minimum absolute atomic E-state index is 0.127. The zero-order chi connectivity index (χ0) is 27.6. The van der Waals surface area contributed by atoms with Gasteiger partial charge in [0, 0.05) is 16.5 Å². The van der Waals surface area contributed by atoms with E-state index < -0.39 is 5.41 Å². The predicted octanol–water partition coefficient (Wildman–Crippen LogP) is 10.1. The van der Waals surface area contributed by atoms with Crippen LogP contribution in [0.5, 0.6) is 11.5 Å². The molecule has 1 nitrogen and oxygen atoms in total. The van der Waals surface area contributed by atoms with E-state index in [-0.39, 0.29) is 5.41 Å². The van der Waals surface area contributed by atoms with Crippen LogP contribution in [0.1, 0.15) is 47.2 Å². The second-order valence-electron chi connectivity index (χ2n) is 11.7. The van der Waals surface area contributed by atoms with Crippen molar-refractivity contribution in [2.75, 3.05) is 0 Å². The smallest absolute Gasteiger partial charge is 0.132 e. The van der Waals surface area contributed by atoms with Crippen molar-refractivity contribution < 1.29 is 4.74 Å². The zero-order valence-electron chi connectivity index (χ0n) is 23.3. The third kappa shape index (κ3) is 3.36. The quantitative estimate of drug-likeness (QED) is 0.223. The largest absolute Gasteiger partial charge is 0.457 e. The second kappa shape index (κ2) is 8.81. The number of ether oxygens (including phenoxy) is 1. The number of rotatable bonds is 3. The number of para-hydroxylation sites is 1. The minimum atomic E-state index is -0.407. The summed E-state index contributed by atoms with van der Waals surface area (Å²) in [7, 11) is 0. The Morgan fingerprint density at radius 2 is 0.951 bits per heavy atom. The normalized spacial score (nSPS) is 15.2. The van der Waals surface area contributed by atoms with E-state index in [0.29, 0.717) is 0 Å². The Morgan fingerprint density at radius 3 is 1.68 bits per heavy atom. The first-order valence-corrected chi connectivity index (χ1v) is 14.4. The van der Waals surface area contributed by atoms with Crippen LogP contribution in [0.3, 0.4) is 0 Å². The SMILES string of the molecule is CC1(C)c2ccccc2Oc2cc(-c3ccc4c(c3)C(c3ccccc3)(c3ccccc3)c3ccccc3-4)ccc21. The van der Waals surface area contributed by atoms with Gasteiger partial charge >= 0.3 is 0 Å². The average Bonchev–Trinajstić information content (AvgIpc) is 3.32. The molecular weight excluding hydrogens is 496 g/mol. The fourth-order valence-electron chi connectivity index (χ4n) is 7.26. The molecule has 2 aliphatic rings. The fourth-order valence-corrected chi connectivity index (χ4v) is 7.26. The first kappa shape index (κ1) is 24.0. The molecule has 6 aromatic rings. The monoisotopic (exact) mass is 526 g/mol. The molecule has 1 aliphatic carbocycles. The molecule has 0 fully saturated rings. The van der Waals surface area contributed by atoms with Gasteiger partial charge in [-0.15, -0.1) is 0 Å². The van der Waals surface area contributed by atoms with Gasteiger partial charge < -0.3 is 4.74 Å². The molecule has 0 saturated heterocycles. The van der Waals surface area contributed by atoms with Crippen LogP contribution in [0, 0.1) is 0 Å². The molecule has 0 aromatic heterocycles. The molecule has 196 valence electrons. The summed E-state index contributed by atoms with van der Waals surface area (Å²) >= 11 is 0. The van der Waals surface area contributed by atoms with Crippen LogP contribution in [-0.2, 0) is 10.8 Å². The van der Waals surface area contributed by atoms with E-state index in [9.17, 15) is 0 Å². The maximum absolute atomic E-state index is 6.50. The Balaban J connectivity index is 1.35. The lowest BCUT2D eigenvalue weighted by Gasteiger charge is -2.35. The van der Waals surface area contributed by atoms with Crippen molar-refractivity contribution in [3.05, 3.63) is 179 Å². The molecule has 0 N–H and O–H groups in total. The molecule has 8 rings (SSSR count). The number of fused-ring (bicyclic) bond motifs is 5. The predicted molar refractivity (Wildman–Crippen MR) is 168 cm³/mol. The van der Waals surface area contributed by atoms with Gasteiger partial charge in [-0.25, -0.2) is 0 Å².